The number of aryl methyl sites for hydroxylation is 1. The van der Waals surface area contributed by atoms with Gasteiger partial charge in [0, 0.05) is 18.0 Å². The molecule has 2 aromatic rings. The summed E-state index contributed by atoms with van der Waals surface area (Å²) >= 11 is 0. The van der Waals surface area contributed by atoms with E-state index in [2.05, 4.69) is 10.3 Å². The van der Waals surface area contributed by atoms with Crippen LogP contribution < -0.4 is 5.32 Å². The minimum Gasteiger partial charge on any atom is -0.441 e. The van der Waals surface area contributed by atoms with E-state index in [9.17, 15) is 4.79 Å². The molecule has 2 rings (SSSR count). The second-order valence-corrected chi connectivity index (χ2v) is 5.12. The predicted molar refractivity (Wildman–Crippen MR) is 66.0 cm³/mol. The summed E-state index contributed by atoms with van der Waals surface area (Å²) < 4.78 is 5.40. The average molecular weight is 232 g/mol. The monoisotopic (exact) mass is 232 g/mol. The number of oxazole rings is 1. The van der Waals surface area contributed by atoms with E-state index in [-0.39, 0.29) is 11.4 Å². The Balaban J connectivity index is 2.33. The second-order valence-electron chi connectivity index (χ2n) is 5.12. The number of fused-ring (bicyclic) bond motifs is 1. The zero-order chi connectivity index (χ0) is 12.6. The zero-order valence-electron chi connectivity index (χ0n) is 10.5. The van der Waals surface area contributed by atoms with Crippen molar-refractivity contribution in [3.8, 4) is 0 Å². The lowest BCUT2D eigenvalue weighted by Crippen LogP contribution is -2.40. The molecule has 0 spiro atoms. The van der Waals surface area contributed by atoms with Gasteiger partial charge in [0.1, 0.15) is 5.52 Å². The van der Waals surface area contributed by atoms with Crippen molar-refractivity contribution in [2.24, 2.45) is 0 Å². The number of hydrogen-bond donors (Lipinski definition) is 1. The summed E-state index contributed by atoms with van der Waals surface area (Å²) in [6.45, 7) is 7.63. The molecule has 1 heterocycles. The number of rotatable bonds is 1. The summed E-state index contributed by atoms with van der Waals surface area (Å²) in [6.07, 6.45) is 0. The molecule has 1 N–H and O–H groups in total. The highest BCUT2D eigenvalue weighted by atomic mass is 16.3. The Kier molecular flexibility index (Phi) is 2.65. The van der Waals surface area contributed by atoms with Crippen molar-refractivity contribution in [1.29, 1.82) is 0 Å². The third kappa shape index (κ3) is 2.64. The number of nitrogens with one attached hydrogen (secondary N) is 1. The van der Waals surface area contributed by atoms with Gasteiger partial charge in [-0.05, 0) is 39.0 Å². The molecule has 0 atom stereocenters. The fraction of sp³-hybridized carbons (Fsp3) is 0.385. The van der Waals surface area contributed by atoms with E-state index in [0.717, 1.165) is 5.52 Å². The number of aromatic nitrogens is 1. The third-order valence-corrected chi connectivity index (χ3v) is 2.25. The first kappa shape index (κ1) is 11.6. The first-order valence-electron chi connectivity index (χ1n) is 5.55. The van der Waals surface area contributed by atoms with E-state index in [1.54, 1.807) is 25.1 Å². The molecule has 4 heteroatoms. The minimum atomic E-state index is -0.247. The van der Waals surface area contributed by atoms with Crippen LogP contribution in [0.3, 0.4) is 0 Å². The van der Waals surface area contributed by atoms with Crippen LogP contribution in [0.4, 0.5) is 0 Å². The largest absolute Gasteiger partial charge is 0.441 e. The fourth-order valence-corrected chi connectivity index (χ4v) is 1.59. The smallest absolute Gasteiger partial charge is 0.251 e. The van der Waals surface area contributed by atoms with Crippen molar-refractivity contribution in [2.45, 2.75) is 33.2 Å². The molecule has 1 aromatic carbocycles. The molecule has 0 unspecified atom stereocenters. The summed E-state index contributed by atoms with van der Waals surface area (Å²) in [5.41, 5.74) is 1.76. The Labute approximate surface area is 100 Å². The van der Waals surface area contributed by atoms with Crippen molar-refractivity contribution < 1.29 is 9.21 Å². The van der Waals surface area contributed by atoms with Crippen LogP contribution >= 0.6 is 0 Å². The Bertz CT molecular complexity index is 564. The van der Waals surface area contributed by atoms with E-state index in [0.29, 0.717) is 17.0 Å². The predicted octanol–water partition coefficient (Wildman–Crippen LogP) is 2.66. The van der Waals surface area contributed by atoms with Gasteiger partial charge in [-0.1, -0.05) is 0 Å². The van der Waals surface area contributed by atoms with Crippen molar-refractivity contribution in [3.63, 3.8) is 0 Å². The highest BCUT2D eigenvalue weighted by Crippen LogP contribution is 2.17. The van der Waals surface area contributed by atoms with Gasteiger partial charge in [0.15, 0.2) is 11.5 Å². The average Bonchev–Trinajstić information content (AvgIpc) is 2.53. The van der Waals surface area contributed by atoms with Crippen molar-refractivity contribution in [1.82, 2.24) is 10.3 Å². The topological polar surface area (TPSA) is 55.1 Å². The summed E-state index contributed by atoms with van der Waals surface area (Å²) in [4.78, 5) is 16.1. The first-order chi connectivity index (χ1) is 7.85. The van der Waals surface area contributed by atoms with E-state index in [1.807, 2.05) is 20.8 Å². The Hall–Kier alpha value is -1.84. The van der Waals surface area contributed by atoms with Crippen LogP contribution in [0.25, 0.3) is 11.1 Å². The van der Waals surface area contributed by atoms with Crippen molar-refractivity contribution in [3.05, 3.63) is 29.7 Å². The van der Waals surface area contributed by atoms with Gasteiger partial charge >= 0.3 is 0 Å². The maximum atomic E-state index is 11.9. The molecule has 4 nitrogen and oxygen atoms in total. The molecule has 1 aromatic heterocycles. The van der Waals surface area contributed by atoms with Gasteiger partial charge in [-0.15, -0.1) is 0 Å². The van der Waals surface area contributed by atoms with Crippen LogP contribution in [0.1, 0.15) is 37.0 Å². The van der Waals surface area contributed by atoms with Gasteiger partial charge in [0.2, 0.25) is 0 Å². The van der Waals surface area contributed by atoms with Crippen molar-refractivity contribution >= 4 is 17.0 Å². The van der Waals surface area contributed by atoms with Crippen LogP contribution in [-0.4, -0.2) is 16.4 Å². The Morgan fingerprint density at radius 2 is 2.06 bits per heavy atom. The Morgan fingerprint density at radius 3 is 2.71 bits per heavy atom. The third-order valence-electron chi connectivity index (χ3n) is 2.25. The fourth-order valence-electron chi connectivity index (χ4n) is 1.59. The van der Waals surface area contributed by atoms with Gasteiger partial charge in [-0.25, -0.2) is 4.98 Å². The van der Waals surface area contributed by atoms with Crippen LogP contribution in [0.5, 0.6) is 0 Å². The van der Waals surface area contributed by atoms with Crippen molar-refractivity contribution in [2.75, 3.05) is 0 Å². The lowest BCUT2D eigenvalue weighted by Gasteiger charge is -2.20. The maximum Gasteiger partial charge on any atom is 0.251 e. The molecular weight excluding hydrogens is 216 g/mol. The van der Waals surface area contributed by atoms with Gasteiger partial charge in [-0.3, -0.25) is 4.79 Å². The molecule has 0 bridgehead atoms. The quantitative estimate of drug-likeness (QED) is 0.822. The number of amides is 1. The Morgan fingerprint density at radius 1 is 1.35 bits per heavy atom. The normalized spacial score (nSPS) is 11.8. The SMILES string of the molecule is Cc1nc2ccc(C(=O)NC(C)(C)C)cc2o1. The van der Waals surface area contributed by atoms with Gasteiger partial charge in [0.25, 0.3) is 5.91 Å². The van der Waals surface area contributed by atoms with E-state index in [1.165, 1.54) is 0 Å². The molecule has 90 valence electrons. The lowest BCUT2D eigenvalue weighted by molar-refractivity contribution is 0.0919. The van der Waals surface area contributed by atoms with Crippen LogP contribution in [0.15, 0.2) is 22.6 Å². The highest BCUT2D eigenvalue weighted by molar-refractivity contribution is 5.97. The maximum absolute atomic E-state index is 11.9. The highest BCUT2D eigenvalue weighted by Gasteiger charge is 2.16. The summed E-state index contributed by atoms with van der Waals surface area (Å²) in [7, 11) is 0. The van der Waals surface area contributed by atoms with Gasteiger partial charge in [0.05, 0.1) is 0 Å². The van der Waals surface area contributed by atoms with Crippen LogP contribution in [0, 0.1) is 6.92 Å². The zero-order valence-corrected chi connectivity index (χ0v) is 10.5. The second kappa shape index (κ2) is 3.87. The number of carbonyl (C=O) groups excluding carboxylic acids is 1. The molecule has 0 radical (unpaired) electrons. The minimum absolute atomic E-state index is 0.103. The van der Waals surface area contributed by atoms with E-state index < -0.39 is 0 Å². The van der Waals surface area contributed by atoms with Crippen LogP contribution in [-0.2, 0) is 0 Å². The molecule has 0 aliphatic heterocycles. The number of hydrogen-bond acceptors (Lipinski definition) is 3. The molecular formula is C13H16N2O2. The molecule has 0 aliphatic rings. The molecule has 0 saturated carbocycles. The van der Waals surface area contributed by atoms with Gasteiger partial charge in [-0.2, -0.15) is 0 Å². The number of benzene rings is 1. The molecule has 0 saturated heterocycles. The first-order valence-corrected chi connectivity index (χ1v) is 5.55. The summed E-state index contributed by atoms with van der Waals surface area (Å²) in [5.74, 6) is 0.502. The molecule has 0 fully saturated rings. The molecule has 1 amide bonds. The summed E-state index contributed by atoms with van der Waals surface area (Å²) in [5, 5.41) is 2.91. The summed E-state index contributed by atoms with van der Waals surface area (Å²) in [6, 6.07) is 5.27. The molecule has 17 heavy (non-hydrogen) atoms. The number of carbonyl (C=O) groups is 1. The lowest BCUT2D eigenvalue weighted by atomic mass is 10.1. The van der Waals surface area contributed by atoms with E-state index >= 15 is 0 Å². The molecule has 0 aliphatic carbocycles. The number of nitrogens with zero attached hydrogens (tertiary/aromatic N) is 1. The van der Waals surface area contributed by atoms with E-state index in [4.69, 9.17) is 4.42 Å². The van der Waals surface area contributed by atoms with Gasteiger partial charge < -0.3 is 9.73 Å². The van der Waals surface area contributed by atoms with Crippen LogP contribution in [0.2, 0.25) is 0 Å². The standard InChI is InChI=1S/C13H16N2O2/c1-8-14-10-6-5-9(7-11(10)17-8)12(16)15-13(2,3)4/h5-7H,1-4H3,(H,15,16).